The van der Waals surface area contributed by atoms with Crippen molar-refractivity contribution in [3.8, 4) is 0 Å². The molecule has 0 spiro atoms. The van der Waals surface area contributed by atoms with Crippen molar-refractivity contribution < 1.29 is 0 Å². The van der Waals surface area contributed by atoms with Crippen LogP contribution in [0.2, 0.25) is 0 Å². The van der Waals surface area contributed by atoms with Gasteiger partial charge in [0, 0.05) is 18.0 Å². The van der Waals surface area contributed by atoms with Crippen LogP contribution in [0.5, 0.6) is 0 Å². The maximum atomic E-state index is 5.85. The monoisotopic (exact) mass is 231 g/mol. The number of hydrogen-bond donors (Lipinski definition) is 1. The van der Waals surface area contributed by atoms with Crippen molar-refractivity contribution in [1.82, 2.24) is 5.32 Å². The van der Waals surface area contributed by atoms with E-state index in [2.05, 4.69) is 19.2 Å². The van der Waals surface area contributed by atoms with E-state index in [4.69, 9.17) is 11.6 Å². The average Bonchev–Trinajstić information content (AvgIpc) is 2.45. The van der Waals surface area contributed by atoms with E-state index >= 15 is 0 Å². The first kappa shape index (κ1) is 13.3. The lowest BCUT2D eigenvalue weighted by atomic mass is 9.99. The molecule has 1 unspecified atom stereocenters. The number of alkyl halides is 1. The Morgan fingerprint density at radius 1 is 1.13 bits per heavy atom. The summed E-state index contributed by atoms with van der Waals surface area (Å²) in [5.41, 5.74) is 0. The lowest BCUT2D eigenvalue weighted by molar-refractivity contribution is 0.325. The predicted molar refractivity (Wildman–Crippen MR) is 68.6 cm³/mol. The maximum Gasteiger partial charge on any atom is 0.0238 e. The highest BCUT2D eigenvalue weighted by molar-refractivity contribution is 6.17. The van der Waals surface area contributed by atoms with E-state index in [0.29, 0.717) is 12.0 Å². The molecule has 0 aliphatic heterocycles. The van der Waals surface area contributed by atoms with Crippen molar-refractivity contribution in [2.45, 2.75) is 70.9 Å². The van der Waals surface area contributed by atoms with Crippen molar-refractivity contribution in [3.05, 3.63) is 0 Å². The fourth-order valence-corrected chi connectivity index (χ4v) is 2.71. The molecule has 1 atom stereocenters. The number of rotatable bonds is 5. The summed E-state index contributed by atoms with van der Waals surface area (Å²) in [5, 5.41) is 3.81. The van der Waals surface area contributed by atoms with E-state index in [0.717, 1.165) is 18.3 Å². The zero-order valence-electron chi connectivity index (χ0n) is 10.3. The van der Waals surface area contributed by atoms with E-state index < -0.39 is 0 Å². The van der Waals surface area contributed by atoms with Gasteiger partial charge in [-0.05, 0) is 25.2 Å². The van der Waals surface area contributed by atoms with Gasteiger partial charge in [-0.25, -0.2) is 0 Å². The fourth-order valence-electron chi connectivity index (χ4n) is 2.48. The summed E-state index contributed by atoms with van der Waals surface area (Å²) >= 11 is 5.85. The Hall–Kier alpha value is 0.250. The van der Waals surface area contributed by atoms with Crippen LogP contribution >= 0.6 is 11.6 Å². The molecule has 2 heteroatoms. The smallest absolute Gasteiger partial charge is 0.0238 e. The second-order valence-electron chi connectivity index (χ2n) is 5.18. The molecule has 1 nitrogen and oxygen atoms in total. The number of nitrogens with one attached hydrogen (secondary N) is 1. The summed E-state index contributed by atoms with van der Waals surface area (Å²) in [6.07, 6.45) is 9.51. The van der Waals surface area contributed by atoms with Crippen molar-refractivity contribution in [2.24, 2.45) is 5.92 Å². The van der Waals surface area contributed by atoms with Gasteiger partial charge in [0.2, 0.25) is 0 Å². The van der Waals surface area contributed by atoms with Crippen molar-refractivity contribution in [3.63, 3.8) is 0 Å². The van der Waals surface area contributed by atoms with Gasteiger partial charge in [0.15, 0.2) is 0 Å². The van der Waals surface area contributed by atoms with Gasteiger partial charge in [-0.1, -0.05) is 39.5 Å². The Kier molecular flexibility index (Phi) is 6.67. The zero-order chi connectivity index (χ0) is 11.1. The SMILES string of the molecule is CC(C)C(CCCl)NC1CCCCCC1. The molecule has 0 aromatic carbocycles. The molecular formula is C13H26ClN. The lowest BCUT2D eigenvalue weighted by Gasteiger charge is -2.27. The molecule has 0 radical (unpaired) electrons. The van der Waals surface area contributed by atoms with Gasteiger partial charge < -0.3 is 5.32 Å². The first-order chi connectivity index (χ1) is 7.24. The zero-order valence-corrected chi connectivity index (χ0v) is 11.0. The van der Waals surface area contributed by atoms with E-state index in [9.17, 15) is 0 Å². The topological polar surface area (TPSA) is 12.0 Å². The van der Waals surface area contributed by atoms with Crippen LogP contribution in [0.1, 0.15) is 58.8 Å². The molecule has 1 N–H and O–H groups in total. The summed E-state index contributed by atoms with van der Waals surface area (Å²) in [6, 6.07) is 1.37. The van der Waals surface area contributed by atoms with Gasteiger partial charge in [0.05, 0.1) is 0 Å². The van der Waals surface area contributed by atoms with Crippen LogP contribution < -0.4 is 5.32 Å². The Morgan fingerprint density at radius 3 is 2.20 bits per heavy atom. The first-order valence-electron chi connectivity index (χ1n) is 6.56. The third-order valence-electron chi connectivity index (χ3n) is 3.53. The summed E-state index contributed by atoms with van der Waals surface area (Å²) < 4.78 is 0. The third kappa shape index (κ3) is 5.21. The first-order valence-corrected chi connectivity index (χ1v) is 7.09. The predicted octanol–water partition coefficient (Wildman–Crippen LogP) is 3.95. The highest BCUT2D eigenvalue weighted by atomic mass is 35.5. The molecule has 15 heavy (non-hydrogen) atoms. The normalized spacial score (nSPS) is 21.6. The molecular weight excluding hydrogens is 206 g/mol. The summed E-state index contributed by atoms with van der Waals surface area (Å²) in [7, 11) is 0. The second-order valence-corrected chi connectivity index (χ2v) is 5.56. The van der Waals surface area contributed by atoms with E-state index in [-0.39, 0.29) is 0 Å². The molecule has 1 saturated carbocycles. The molecule has 1 aliphatic carbocycles. The van der Waals surface area contributed by atoms with Crippen LogP contribution in [0, 0.1) is 5.92 Å². The van der Waals surface area contributed by atoms with Gasteiger partial charge in [-0.15, -0.1) is 11.6 Å². The second kappa shape index (κ2) is 7.51. The minimum absolute atomic E-state index is 0.616. The molecule has 1 fully saturated rings. The van der Waals surface area contributed by atoms with Crippen LogP contribution in [-0.4, -0.2) is 18.0 Å². The summed E-state index contributed by atoms with van der Waals surface area (Å²) in [4.78, 5) is 0. The van der Waals surface area contributed by atoms with Crippen LogP contribution in [-0.2, 0) is 0 Å². The Balaban J connectivity index is 2.34. The van der Waals surface area contributed by atoms with Crippen LogP contribution in [0.4, 0.5) is 0 Å². The van der Waals surface area contributed by atoms with Crippen LogP contribution in [0.25, 0.3) is 0 Å². The Bertz CT molecular complexity index is 151. The summed E-state index contributed by atoms with van der Waals surface area (Å²) in [6.45, 7) is 4.59. The summed E-state index contributed by atoms with van der Waals surface area (Å²) in [5.74, 6) is 1.48. The molecule has 0 heterocycles. The molecule has 0 aromatic heterocycles. The molecule has 0 amide bonds. The van der Waals surface area contributed by atoms with E-state index in [1.807, 2.05) is 0 Å². The minimum Gasteiger partial charge on any atom is -0.311 e. The van der Waals surface area contributed by atoms with Gasteiger partial charge in [0.1, 0.15) is 0 Å². The maximum absolute atomic E-state index is 5.85. The van der Waals surface area contributed by atoms with Gasteiger partial charge >= 0.3 is 0 Å². The van der Waals surface area contributed by atoms with Crippen molar-refractivity contribution in [2.75, 3.05) is 5.88 Å². The Labute approximate surface area is 100.0 Å². The van der Waals surface area contributed by atoms with Gasteiger partial charge in [0.25, 0.3) is 0 Å². The average molecular weight is 232 g/mol. The van der Waals surface area contributed by atoms with Crippen LogP contribution in [0.15, 0.2) is 0 Å². The van der Waals surface area contributed by atoms with Gasteiger partial charge in [-0.3, -0.25) is 0 Å². The van der Waals surface area contributed by atoms with E-state index in [1.54, 1.807) is 0 Å². The Morgan fingerprint density at radius 2 is 1.73 bits per heavy atom. The highest BCUT2D eigenvalue weighted by Gasteiger charge is 2.18. The number of halogens is 1. The fraction of sp³-hybridized carbons (Fsp3) is 1.00. The van der Waals surface area contributed by atoms with E-state index in [1.165, 1.54) is 38.5 Å². The quantitative estimate of drug-likeness (QED) is 0.558. The molecule has 0 saturated heterocycles. The molecule has 1 aliphatic rings. The largest absolute Gasteiger partial charge is 0.311 e. The van der Waals surface area contributed by atoms with Crippen LogP contribution in [0.3, 0.4) is 0 Å². The van der Waals surface area contributed by atoms with Crippen molar-refractivity contribution in [1.29, 1.82) is 0 Å². The molecule has 1 rings (SSSR count). The highest BCUT2D eigenvalue weighted by Crippen LogP contribution is 2.19. The third-order valence-corrected chi connectivity index (χ3v) is 3.75. The molecule has 0 bridgehead atoms. The minimum atomic E-state index is 0.616. The lowest BCUT2D eigenvalue weighted by Crippen LogP contribution is -2.41. The molecule has 0 aromatic rings. The molecule has 90 valence electrons. The van der Waals surface area contributed by atoms with Gasteiger partial charge in [-0.2, -0.15) is 0 Å². The number of hydrogen-bond acceptors (Lipinski definition) is 1. The standard InChI is InChI=1S/C13H26ClN/c1-11(2)13(9-10-14)15-12-7-5-3-4-6-8-12/h11-13,15H,3-10H2,1-2H3. The van der Waals surface area contributed by atoms with Crippen molar-refractivity contribution >= 4 is 11.6 Å².